The van der Waals surface area contributed by atoms with E-state index in [2.05, 4.69) is 10.3 Å². The number of carbonyl (C=O) groups is 1. The van der Waals surface area contributed by atoms with Gasteiger partial charge < -0.3 is 9.88 Å². The Labute approximate surface area is 182 Å². The van der Waals surface area contributed by atoms with E-state index in [-0.39, 0.29) is 23.3 Å². The van der Waals surface area contributed by atoms with Gasteiger partial charge in [0.2, 0.25) is 15.9 Å². The van der Waals surface area contributed by atoms with Crippen molar-refractivity contribution in [3.8, 4) is 5.69 Å². The van der Waals surface area contributed by atoms with Gasteiger partial charge in [0.25, 0.3) is 0 Å². The zero-order valence-corrected chi connectivity index (χ0v) is 18.3. The molecule has 1 N–H and O–H groups in total. The lowest BCUT2D eigenvalue weighted by Crippen LogP contribution is -2.45. The summed E-state index contributed by atoms with van der Waals surface area (Å²) in [7, 11) is -3.58. The molecule has 162 valence electrons. The third-order valence-corrected chi connectivity index (χ3v) is 7.52. The van der Waals surface area contributed by atoms with Crippen LogP contribution in [0.2, 0.25) is 0 Å². The Morgan fingerprint density at radius 3 is 2.55 bits per heavy atom. The van der Waals surface area contributed by atoms with E-state index < -0.39 is 10.0 Å². The monoisotopic (exact) mass is 438 g/mol. The largest absolute Gasteiger partial charge is 0.352 e. The predicted molar refractivity (Wildman–Crippen MR) is 118 cm³/mol. The number of piperidine rings is 1. The molecular weight excluding hydrogens is 412 g/mol. The molecule has 1 aliphatic rings. The maximum absolute atomic E-state index is 12.9. The molecule has 7 nitrogen and oxygen atoms in total. The van der Waals surface area contributed by atoms with Gasteiger partial charge in [-0.3, -0.25) is 4.79 Å². The number of sulfonamides is 1. The van der Waals surface area contributed by atoms with Crippen molar-refractivity contribution in [3.05, 3.63) is 78.4 Å². The normalized spacial score (nSPS) is 17.4. The SMILES string of the molecule is Cc1nccn1-c1ccc(CNC(=O)[C@H]2CCCN(S(=O)(=O)c3ccccc3)C2)cc1. The number of carbonyl (C=O) groups excluding carboxylic acids is 1. The van der Waals surface area contributed by atoms with Crippen LogP contribution in [-0.4, -0.2) is 41.3 Å². The van der Waals surface area contributed by atoms with E-state index in [4.69, 9.17) is 0 Å². The number of imidazole rings is 1. The molecule has 2 aromatic carbocycles. The number of rotatable bonds is 6. The number of nitrogens with zero attached hydrogens (tertiary/aromatic N) is 3. The van der Waals surface area contributed by atoms with Crippen LogP contribution in [0.15, 0.2) is 71.9 Å². The van der Waals surface area contributed by atoms with Crippen molar-refractivity contribution in [2.75, 3.05) is 13.1 Å². The summed E-state index contributed by atoms with van der Waals surface area (Å²) in [5.41, 5.74) is 2.00. The Balaban J connectivity index is 1.36. The topological polar surface area (TPSA) is 84.3 Å². The molecule has 31 heavy (non-hydrogen) atoms. The van der Waals surface area contributed by atoms with Crippen molar-refractivity contribution in [1.29, 1.82) is 0 Å². The first-order valence-corrected chi connectivity index (χ1v) is 11.8. The van der Waals surface area contributed by atoms with E-state index in [9.17, 15) is 13.2 Å². The fraction of sp³-hybridized carbons (Fsp3) is 0.304. The summed E-state index contributed by atoms with van der Waals surface area (Å²) in [6.45, 7) is 3.00. The number of aryl methyl sites for hydroxylation is 1. The van der Waals surface area contributed by atoms with Gasteiger partial charge in [-0.15, -0.1) is 0 Å². The summed E-state index contributed by atoms with van der Waals surface area (Å²) in [4.78, 5) is 17.2. The van der Waals surface area contributed by atoms with E-state index in [0.717, 1.165) is 17.1 Å². The van der Waals surface area contributed by atoms with Crippen LogP contribution in [0.5, 0.6) is 0 Å². The van der Waals surface area contributed by atoms with Crippen molar-refractivity contribution in [2.45, 2.75) is 31.2 Å². The van der Waals surface area contributed by atoms with E-state index in [1.54, 1.807) is 36.5 Å². The highest BCUT2D eigenvalue weighted by Gasteiger charge is 2.33. The smallest absolute Gasteiger partial charge is 0.243 e. The van der Waals surface area contributed by atoms with Gasteiger partial charge in [-0.2, -0.15) is 4.31 Å². The molecule has 4 rings (SSSR count). The molecule has 1 atom stereocenters. The number of hydrogen-bond donors (Lipinski definition) is 1. The maximum Gasteiger partial charge on any atom is 0.243 e. The molecule has 1 saturated heterocycles. The molecule has 0 bridgehead atoms. The number of nitrogens with one attached hydrogen (secondary N) is 1. The lowest BCUT2D eigenvalue weighted by Gasteiger charge is -2.31. The second-order valence-electron chi connectivity index (χ2n) is 7.74. The third kappa shape index (κ3) is 4.70. The molecule has 8 heteroatoms. The quantitative estimate of drug-likeness (QED) is 0.641. The van der Waals surface area contributed by atoms with Gasteiger partial charge in [0.15, 0.2) is 0 Å². The van der Waals surface area contributed by atoms with Crippen LogP contribution in [0.4, 0.5) is 0 Å². The first kappa shape index (κ1) is 21.3. The van der Waals surface area contributed by atoms with Gasteiger partial charge in [0.05, 0.1) is 10.8 Å². The average molecular weight is 439 g/mol. The molecule has 1 amide bonds. The molecule has 1 fully saturated rings. The van der Waals surface area contributed by atoms with Crippen molar-refractivity contribution < 1.29 is 13.2 Å². The highest BCUT2D eigenvalue weighted by molar-refractivity contribution is 7.89. The molecule has 0 aliphatic carbocycles. The maximum atomic E-state index is 12.9. The predicted octanol–water partition coefficient (Wildman–Crippen LogP) is 2.90. The van der Waals surface area contributed by atoms with E-state index in [1.807, 2.05) is 42.0 Å². The highest BCUT2D eigenvalue weighted by atomic mass is 32.2. The van der Waals surface area contributed by atoms with E-state index >= 15 is 0 Å². The minimum absolute atomic E-state index is 0.109. The zero-order chi connectivity index (χ0) is 21.8. The van der Waals surface area contributed by atoms with Crippen LogP contribution < -0.4 is 5.32 Å². The molecule has 2 heterocycles. The highest BCUT2D eigenvalue weighted by Crippen LogP contribution is 2.24. The lowest BCUT2D eigenvalue weighted by atomic mass is 9.99. The fourth-order valence-corrected chi connectivity index (χ4v) is 5.42. The Hall–Kier alpha value is -2.97. The summed E-state index contributed by atoms with van der Waals surface area (Å²) in [6.07, 6.45) is 5.02. The number of aromatic nitrogens is 2. The summed E-state index contributed by atoms with van der Waals surface area (Å²) in [5.74, 6) is 0.455. The standard InChI is InChI=1S/C23H26N4O3S/c1-18-24-13-15-27(18)21-11-9-19(10-12-21)16-25-23(28)20-6-5-14-26(17-20)31(29,30)22-7-3-2-4-8-22/h2-4,7-13,15,20H,5-6,14,16-17H2,1H3,(H,25,28)/t20-/m0/s1. The molecule has 0 spiro atoms. The van der Waals surface area contributed by atoms with Gasteiger partial charge in [-0.25, -0.2) is 13.4 Å². The molecule has 1 aliphatic heterocycles. The van der Waals surface area contributed by atoms with Crippen LogP contribution in [0.1, 0.15) is 24.2 Å². The molecular formula is C23H26N4O3S. The Kier molecular flexibility index (Phi) is 6.20. The van der Waals surface area contributed by atoms with Crippen molar-refractivity contribution in [3.63, 3.8) is 0 Å². The van der Waals surface area contributed by atoms with Gasteiger partial charge in [0, 0.05) is 37.7 Å². The molecule has 3 aromatic rings. The Bertz CT molecular complexity index is 1140. The van der Waals surface area contributed by atoms with Crippen molar-refractivity contribution in [2.24, 2.45) is 5.92 Å². The summed E-state index contributed by atoms with van der Waals surface area (Å²) < 4.78 is 29.2. The van der Waals surface area contributed by atoms with Gasteiger partial charge >= 0.3 is 0 Å². The average Bonchev–Trinajstić information content (AvgIpc) is 3.24. The molecule has 0 unspecified atom stereocenters. The first-order valence-electron chi connectivity index (χ1n) is 10.4. The van der Waals surface area contributed by atoms with E-state index in [1.165, 1.54) is 4.31 Å². The van der Waals surface area contributed by atoms with Crippen LogP contribution in [-0.2, 0) is 21.4 Å². The van der Waals surface area contributed by atoms with Crippen LogP contribution in [0.3, 0.4) is 0 Å². The number of hydrogen-bond acceptors (Lipinski definition) is 4. The molecule has 0 saturated carbocycles. The minimum Gasteiger partial charge on any atom is -0.352 e. The van der Waals surface area contributed by atoms with Gasteiger partial charge in [0.1, 0.15) is 5.82 Å². The zero-order valence-electron chi connectivity index (χ0n) is 17.4. The number of amides is 1. The van der Waals surface area contributed by atoms with Crippen LogP contribution in [0.25, 0.3) is 5.69 Å². The Morgan fingerprint density at radius 2 is 1.87 bits per heavy atom. The lowest BCUT2D eigenvalue weighted by molar-refractivity contribution is -0.126. The van der Waals surface area contributed by atoms with Crippen LogP contribution in [0, 0.1) is 12.8 Å². The van der Waals surface area contributed by atoms with Crippen molar-refractivity contribution in [1.82, 2.24) is 19.2 Å². The second kappa shape index (κ2) is 9.03. The first-order chi connectivity index (χ1) is 14.9. The summed E-state index contributed by atoms with van der Waals surface area (Å²) in [6, 6.07) is 16.3. The molecule has 1 aromatic heterocycles. The van der Waals surface area contributed by atoms with Gasteiger partial charge in [-0.1, -0.05) is 30.3 Å². The van der Waals surface area contributed by atoms with Crippen molar-refractivity contribution >= 4 is 15.9 Å². The fourth-order valence-electron chi connectivity index (χ4n) is 3.88. The van der Waals surface area contributed by atoms with Gasteiger partial charge in [-0.05, 0) is 49.6 Å². The number of benzene rings is 2. The third-order valence-electron chi connectivity index (χ3n) is 5.64. The van der Waals surface area contributed by atoms with Crippen LogP contribution >= 0.6 is 0 Å². The second-order valence-corrected chi connectivity index (χ2v) is 9.68. The Morgan fingerprint density at radius 1 is 1.13 bits per heavy atom. The minimum atomic E-state index is -3.58. The van der Waals surface area contributed by atoms with E-state index in [0.29, 0.717) is 25.9 Å². The summed E-state index contributed by atoms with van der Waals surface area (Å²) in [5, 5.41) is 2.97. The molecule has 0 radical (unpaired) electrons. The summed E-state index contributed by atoms with van der Waals surface area (Å²) >= 11 is 0.